The molecule has 0 saturated carbocycles. The van der Waals surface area contributed by atoms with Gasteiger partial charge in [0.15, 0.2) is 0 Å². The lowest BCUT2D eigenvalue weighted by Crippen LogP contribution is -2.31. The van der Waals surface area contributed by atoms with E-state index < -0.39 is 10.0 Å². The highest BCUT2D eigenvalue weighted by Gasteiger charge is 2.27. The number of benzene rings is 3. The molecule has 0 atom stereocenters. The Bertz CT molecular complexity index is 1090. The Morgan fingerprint density at radius 3 is 2.14 bits per heavy atom. The van der Waals surface area contributed by atoms with Gasteiger partial charge in [-0.05, 0) is 54.4 Å². The summed E-state index contributed by atoms with van der Waals surface area (Å²) in [6.45, 7) is 2.00. The lowest BCUT2D eigenvalue weighted by atomic mass is 10.1. The Morgan fingerprint density at radius 1 is 0.897 bits per heavy atom. The zero-order chi connectivity index (χ0) is 21.0. The van der Waals surface area contributed by atoms with Crippen molar-refractivity contribution in [2.45, 2.75) is 18.4 Å². The van der Waals surface area contributed by atoms with Crippen LogP contribution in [0.25, 0.3) is 0 Å². The van der Waals surface area contributed by atoms with Gasteiger partial charge in [-0.3, -0.25) is 4.31 Å². The van der Waals surface area contributed by atoms with Crippen LogP contribution in [-0.2, 0) is 16.6 Å². The number of sulfonamides is 1. The molecule has 0 aliphatic carbocycles. The van der Waals surface area contributed by atoms with Gasteiger partial charge in [-0.1, -0.05) is 35.9 Å². The van der Waals surface area contributed by atoms with Crippen LogP contribution < -0.4 is 13.8 Å². The zero-order valence-electron chi connectivity index (χ0n) is 16.4. The fourth-order valence-electron chi connectivity index (χ4n) is 2.99. The van der Waals surface area contributed by atoms with Crippen LogP contribution in [0.15, 0.2) is 71.6 Å². The minimum Gasteiger partial charge on any atom is -0.497 e. The first-order valence-corrected chi connectivity index (χ1v) is 10.7. The number of hydrogen-bond donors (Lipinski definition) is 0. The second kappa shape index (κ2) is 8.76. The molecule has 29 heavy (non-hydrogen) atoms. The molecular formula is C22H22ClNO4S. The number of methoxy groups -OCH3 is 2. The number of halogens is 1. The van der Waals surface area contributed by atoms with Gasteiger partial charge in [0.1, 0.15) is 16.4 Å². The van der Waals surface area contributed by atoms with E-state index in [1.54, 1.807) is 56.7 Å². The molecule has 0 amide bonds. The van der Waals surface area contributed by atoms with Gasteiger partial charge >= 0.3 is 0 Å². The van der Waals surface area contributed by atoms with Gasteiger partial charge in [0.25, 0.3) is 10.0 Å². The van der Waals surface area contributed by atoms with E-state index in [0.717, 1.165) is 11.1 Å². The smallest absolute Gasteiger partial charge is 0.266 e. The van der Waals surface area contributed by atoms with Crippen molar-refractivity contribution in [2.75, 3.05) is 18.5 Å². The Kier molecular flexibility index (Phi) is 6.35. The van der Waals surface area contributed by atoms with E-state index in [2.05, 4.69) is 0 Å². The standard InChI is InChI=1S/C22H22ClNO4S/c1-16-7-6-8-18(11-16)24(29(25,26)22-10-5-4-9-21(22)23)15-17-12-19(27-2)14-20(13-17)28-3/h4-14H,15H2,1-3H3. The van der Waals surface area contributed by atoms with Gasteiger partial charge in [0.2, 0.25) is 0 Å². The van der Waals surface area contributed by atoms with E-state index in [4.69, 9.17) is 21.1 Å². The summed E-state index contributed by atoms with van der Waals surface area (Å²) in [6, 6.07) is 19.1. The van der Waals surface area contributed by atoms with Crippen LogP contribution in [0.2, 0.25) is 5.02 Å². The van der Waals surface area contributed by atoms with Crippen molar-refractivity contribution in [1.82, 2.24) is 0 Å². The second-order valence-electron chi connectivity index (χ2n) is 6.50. The van der Waals surface area contributed by atoms with E-state index in [1.807, 2.05) is 25.1 Å². The molecule has 0 radical (unpaired) electrons. The normalized spacial score (nSPS) is 11.2. The molecule has 0 unspecified atom stereocenters. The molecule has 0 aliphatic heterocycles. The van der Waals surface area contributed by atoms with E-state index in [0.29, 0.717) is 17.2 Å². The van der Waals surface area contributed by atoms with Crippen molar-refractivity contribution >= 4 is 27.3 Å². The summed E-state index contributed by atoms with van der Waals surface area (Å²) in [5.41, 5.74) is 2.22. The van der Waals surface area contributed by atoms with Gasteiger partial charge in [0, 0.05) is 6.07 Å². The van der Waals surface area contributed by atoms with E-state index in [9.17, 15) is 8.42 Å². The number of anilines is 1. The average Bonchev–Trinajstić information content (AvgIpc) is 2.71. The van der Waals surface area contributed by atoms with Crippen LogP contribution >= 0.6 is 11.6 Å². The molecule has 152 valence electrons. The van der Waals surface area contributed by atoms with Crippen LogP contribution in [-0.4, -0.2) is 22.6 Å². The van der Waals surface area contributed by atoms with Gasteiger partial charge in [-0.25, -0.2) is 8.42 Å². The molecule has 3 aromatic rings. The van der Waals surface area contributed by atoms with Crippen molar-refractivity contribution in [2.24, 2.45) is 0 Å². The molecule has 0 fully saturated rings. The zero-order valence-corrected chi connectivity index (χ0v) is 18.0. The van der Waals surface area contributed by atoms with Gasteiger partial charge < -0.3 is 9.47 Å². The quantitative estimate of drug-likeness (QED) is 0.524. The van der Waals surface area contributed by atoms with E-state index in [1.165, 1.54) is 10.4 Å². The molecule has 0 heterocycles. The van der Waals surface area contributed by atoms with Crippen molar-refractivity contribution in [3.05, 3.63) is 82.9 Å². The summed E-state index contributed by atoms with van der Waals surface area (Å²) < 4.78 is 39.1. The molecular weight excluding hydrogens is 410 g/mol. The maximum Gasteiger partial charge on any atom is 0.266 e. The van der Waals surface area contributed by atoms with Gasteiger partial charge in [-0.15, -0.1) is 0 Å². The van der Waals surface area contributed by atoms with Gasteiger partial charge in [0.05, 0.1) is 31.5 Å². The molecule has 3 rings (SSSR count). The largest absolute Gasteiger partial charge is 0.497 e. The first-order valence-electron chi connectivity index (χ1n) is 8.91. The minimum absolute atomic E-state index is 0.0537. The summed E-state index contributed by atoms with van der Waals surface area (Å²) >= 11 is 6.22. The van der Waals surface area contributed by atoms with Crippen LogP contribution in [0.4, 0.5) is 5.69 Å². The van der Waals surface area contributed by atoms with Crippen LogP contribution in [0.5, 0.6) is 11.5 Å². The summed E-state index contributed by atoms with van der Waals surface area (Å²) in [7, 11) is -0.813. The maximum atomic E-state index is 13.6. The van der Waals surface area contributed by atoms with Crippen molar-refractivity contribution in [3.8, 4) is 11.5 Å². The van der Waals surface area contributed by atoms with Crippen LogP contribution in [0, 0.1) is 6.92 Å². The Labute approximate surface area is 176 Å². The Hall–Kier alpha value is -2.70. The highest BCUT2D eigenvalue weighted by molar-refractivity contribution is 7.93. The lowest BCUT2D eigenvalue weighted by Gasteiger charge is -2.26. The third kappa shape index (κ3) is 4.66. The second-order valence-corrected chi connectivity index (χ2v) is 8.74. The Morgan fingerprint density at radius 2 is 1.55 bits per heavy atom. The molecule has 0 bridgehead atoms. The van der Waals surface area contributed by atoms with Crippen LogP contribution in [0.1, 0.15) is 11.1 Å². The number of rotatable bonds is 7. The average molecular weight is 432 g/mol. The SMILES string of the molecule is COc1cc(CN(c2cccc(C)c2)S(=O)(=O)c2ccccc2Cl)cc(OC)c1. The topological polar surface area (TPSA) is 55.8 Å². The maximum absolute atomic E-state index is 13.6. The number of nitrogens with zero attached hydrogens (tertiary/aromatic N) is 1. The number of hydrogen-bond acceptors (Lipinski definition) is 4. The fourth-order valence-corrected chi connectivity index (χ4v) is 4.94. The predicted molar refractivity (Wildman–Crippen MR) is 116 cm³/mol. The lowest BCUT2D eigenvalue weighted by molar-refractivity contribution is 0.393. The summed E-state index contributed by atoms with van der Waals surface area (Å²) in [5.74, 6) is 1.16. The highest BCUT2D eigenvalue weighted by atomic mass is 35.5. The van der Waals surface area contributed by atoms with Crippen LogP contribution in [0.3, 0.4) is 0 Å². The van der Waals surface area contributed by atoms with Crippen molar-refractivity contribution in [1.29, 1.82) is 0 Å². The molecule has 7 heteroatoms. The summed E-state index contributed by atoms with van der Waals surface area (Å²) in [5, 5.41) is 0.174. The molecule has 0 N–H and O–H groups in total. The monoisotopic (exact) mass is 431 g/mol. The molecule has 0 saturated heterocycles. The molecule has 0 aromatic heterocycles. The number of ether oxygens (including phenoxy) is 2. The molecule has 0 spiro atoms. The summed E-state index contributed by atoms with van der Waals surface area (Å²) in [6.07, 6.45) is 0. The highest BCUT2D eigenvalue weighted by Crippen LogP contribution is 2.32. The third-order valence-electron chi connectivity index (χ3n) is 4.43. The van der Waals surface area contributed by atoms with Crippen molar-refractivity contribution < 1.29 is 17.9 Å². The first-order chi connectivity index (χ1) is 13.8. The molecule has 3 aromatic carbocycles. The van der Waals surface area contributed by atoms with Gasteiger partial charge in [-0.2, -0.15) is 0 Å². The van der Waals surface area contributed by atoms with E-state index in [-0.39, 0.29) is 16.5 Å². The molecule has 0 aliphatic rings. The first kappa shape index (κ1) is 21.0. The minimum atomic E-state index is -3.92. The predicted octanol–water partition coefficient (Wildman–Crippen LogP) is 5.06. The van der Waals surface area contributed by atoms with Crippen molar-refractivity contribution in [3.63, 3.8) is 0 Å². The van der Waals surface area contributed by atoms with E-state index >= 15 is 0 Å². The number of aryl methyl sites for hydroxylation is 1. The Balaban J connectivity index is 2.14. The molecule has 5 nitrogen and oxygen atoms in total. The summed E-state index contributed by atoms with van der Waals surface area (Å²) in [4.78, 5) is 0.0537. The fraction of sp³-hybridized carbons (Fsp3) is 0.182. The third-order valence-corrected chi connectivity index (χ3v) is 6.71.